The normalized spacial score (nSPS) is 14.1. The summed E-state index contributed by atoms with van der Waals surface area (Å²) in [6.07, 6.45) is 3.85. The highest BCUT2D eigenvalue weighted by Gasteiger charge is 2.23. The van der Waals surface area contributed by atoms with Crippen LogP contribution in [-0.2, 0) is 6.61 Å². The summed E-state index contributed by atoms with van der Waals surface area (Å²) in [7, 11) is 0. The van der Waals surface area contributed by atoms with Crippen LogP contribution in [0.2, 0.25) is 4.47 Å². The van der Waals surface area contributed by atoms with Gasteiger partial charge < -0.3 is 10.1 Å². The van der Waals surface area contributed by atoms with Crippen molar-refractivity contribution >= 4 is 28.8 Å². The third-order valence-electron chi connectivity index (χ3n) is 2.92. The second-order valence-corrected chi connectivity index (χ2v) is 6.34. The molecule has 1 aromatic heterocycles. The van der Waals surface area contributed by atoms with Crippen LogP contribution in [0, 0.1) is 0 Å². The van der Waals surface area contributed by atoms with Gasteiger partial charge in [0.2, 0.25) is 0 Å². The molecular formula is C14H13ClN2O2S. The Kier molecular flexibility index (Phi) is 3.89. The van der Waals surface area contributed by atoms with Crippen LogP contribution in [-0.4, -0.2) is 16.9 Å². The molecule has 104 valence electrons. The molecule has 0 spiro atoms. The highest BCUT2D eigenvalue weighted by Crippen LogP contribution is 2.22. The van der Waals surface area contributed by atoms with Gasteiger partial charge in [0, 0.05) is 17.8 Å². The maximum Gasteiger partial charge on any atom is 0.251 e. The van der Waals surface area contributed by atoms with E-state index in [1.165, 1.54) is 11.3 Å². The van der Waals surface area contributed by atoms with Gasteiger partial charge in [0.15, 0.2) is 4.47 Å². The maximum atomic E-state index is 11.9. The Morgan fingerprint density at radius 2 is 2.35 bits per heavy atom. The second kappa shape index (κ2) is 5.81. The first-order chi connectivity index (χ1) is 9.70. The van der Waals surface area contributed by atoms with E-state index in [2.05, 4.69) is 10.3 Å². The molecule has 0 bridgehead atoms. The maximum absolute atomic E-state index is 11.9. The highest BCUT2D eigenvalue weighted by molar-refractivity contribution is 7.15. The summed E-state index contributed by atoms with van der Waals surface area (Å²) in [5.74, 6) is 0.622. The van der Waals surface area contributed by atoms with Crippen molar-refractivity contribution in [2.24, 2.45) is 0 Å². The van der Waals surface area contributed by atoms with Gasteiger partial charge in [-0.05, 0) is 31.0 Å². The lowest BCUT2D eigenvalue weighted by atomic mass is 10.2. The number of carbonyl (C=O) groups excluding carboxylic acids is 1. The standard InChI is InChI=1S/C14H13ClN2O2S/c15-14-16-7-12(20-14)8-19-11-3-1-2-9(6-11)13(18)17-10-4-5-10/h1-3,6-7,10H,4-5,8H2,(H,17,18). The van der Waals surface area contributed by atoms with Crippen LogP contribution in [0.1, 0.15) is 28.1 Å². The minimum absolute atomic E-state index is 0.0428. The summed E-state index contributed by atoms with van der Waals surface area (Å²) in [6.45, 7) is 0.401. The Balaban J connectivity index is 1.62. The number of thiazole rings is 1. The van der Waals surface area contributed by atoms with Crippen LogP contribution in [0.3, 0.4) is 0 Å². The molecule has 1 aliphatic carbocycles. The van der Waals surface area contributed by atoms with Gasteiger partial charge in [0.05, 0.1) is 4.88 Å². The van der Waals surface area contributed by atoms with Crippen LogP contribution in [0.25, 0.3) is 0 Å². The van der Waals surface area contributed by atoms with Crippen molar-refractivity contribution in [3.8, 4) is 5.75 Å². The van der Waals surface area contributed by atoms with Gasteiger partial charge in [0.25, 0.3) is 5.91 Å². The number of amides is 1. The number of nitrogens with one attached hydrogen (secondary N) is 1. The Labute approximate surface area is 125 Å². The molecule has 1 saturated carbocycles. The third-order valence-corrected chi connectivity index (χ3v) is 4.00. The van der Waals surface area contributed by atoms with E-state index in [0.29, 0.717) is 28.4 Å². The van der Waals surface area contributed by atoms with Gasteiger partial charge in [0.1, 0.15) is 12.4 Å². The molecule has 0 saturated heterocycles. The zero-order valence-electron chi connectivity index (χ0n) is 10.6. The van der Waals surface area contributed by atoms with Crippen LogP contribution in [0.15, 0.2) is 30.5 Å². The molecule has 0 atom stereocenters. The second-order valence-electron chi connectivity index (χ2n) is 4.64. The molecule has 0 unspecified atom stereocenters. The van der Waals surface area contributed by atoms with Crippen LogP contribution < -0.4 is 10.1 Å². The van der Waals surface area contributed by atoms with E-state index < -0.39 is 0 Å². The van der Waals surface area contributed by atoms with Crippen LogP contribution in [0.4, 0.5) is 0 Å². The topological polar surface area (TPSA) is 51.2 Å². The predicted octanol–water partition coefficient (Wildman–Crippen LogP) is 3.27. The zero-order chi connectivity index (χ0) is 13.9. The Hall–Kier alpha value is -1.59. The first-order valence-corrected chi connectivity index (χ1v) is 7.54. The molecule has 20 heavy (non-hydrogen) atoms. The van der Waals surface area contributed by atoms with Gasteiger partial charge >= 0.3 is 0 Å². The molecule has 1 aromatic carbocycles. The van der Waals surface area contributed by atoms with Gasteiger partial charge in [-0.1, -0.05) is 17.7 Å². The SMILES string of the molecule is O=C(NC1CC1)c1cccc(OCc2cnc(Cl)s2)c1. The summed E-state index contributed by atoms with van der Waals surface area (Å²) in [4.78, 5) is 16.8. The summed E-state index contributed by atoms with van der Waals surface area (Å²) in [6, 6.07) is 7.54. The van der Waals surface area contributed by atoms with Crippen LogP contribution in [0.5, 0.6) is 5.75 Å². The fraction of sp³-hybridized carbons (Fsp3) is 0.286. The van der Waals surface area contributed by atoms with E-state index in [1.54, 1.807) is 18.3 Å². The van der Waals surface area contributed by atoms with Crippen molar-refractivity contribution in [2.75, 3.05) is 0 Å². The Bertz CT molecular complexity index is 625. The molecule has 3 rings (SSSR count). The molecule has 1 heterocycles. The number of hydrogen-bond donors (Lipinski definition) is 1. The summed E-state index contributed by atoms with van der Waals surface area (Å²) < 4.78 is 6.15. The first kappa shape index (κ1) is 13.4. The molecule has 0 aliphatic heterocycles. The Morgan fingerprint density at radius 3 is 3.05 bits per heavy atom. The number of aromatic nitrogens is 1. The fourth-order valence-corrected chi connectivity index (χ4v) is 2.62. The Morgan fingerprint density at radius 1 is 1.50 bits per heavy atom. The van der Waals surface area contributed by atoms with E-state index >= 15 is 0 Å². The smallest absolute Gasteiger partial charge is 0.251 e. The van der Waals surface area contributed by atoms with Gasteiger partial charge in [-0.2, -0.15) is 0 Å². The molecule has 1 N–H and O–H groups in total. The average molecular weight is 309 g/mol. The molecule has 1 aliphatic rings. The molecule has 2 aromatic rings. The summed E-state index contributed by atoms with van der Waals surface area (Å²) in [5.41, 5.74) is 0.622. The van der Waals surface area contributed by atoms with Crippen LogP contribution >= 0.6 is 22.9 Å². The summed E-state index contributed by atoms with van der Waals surface area (Å²) >= 11 is 7.15. The van der Waals surface area contributed by atoms with Gasteiger partial charge in [-0.15, -0.1) is 11.3 Å². The molecule has 6 heteroatoms. The minimum atomic E-state index is -0.0428. The average Bonchev–Trinajstić information content (AvgIpc) is 3.17. The van der Waals surface area contributed by atoms with E-state index in [9.17, 15) is 4.79 Å². The molecule has 4 nitrogen and oxygen atoms in total. The fourth-order valence-electron chi connectivity index (χ4n) is 1.73. The first-order valence-electron chi connectivity index (χ1n) is 6.34. The van der Waals surface area contributed by atoms with E-state index in [-0.39, 0.29) is 5.91 Å². The van der Waals surface area contributed by atoms with Crippen molar-refractivity contribution in [1.29, 1.82) is 0 Å². The van der Waals surface area contributed by atoms with E-state index in [0.717, 1.165) is 17.7 Å². The number of hydrogen-bond acceptors (Lipinski definition) is 4. The molecule has 0 radical (unpaired) electrons. The lowest BCUT2D eigenvalue weighted by molar-refractivity contribution is 0.0950. The highest BCUT2D eigenvalue weighted by atomic mass is 35.5. The number of ether oxygens (including phenoxy) is 1. The minimum Gasteiger partial charge on any atom is -0.488 e. The van der Waals surface area contributed by atoms with Crippen molar-refractivity contribution in [3.63, 3.8) is 0 Å². The van der Waals surface area contributed by atoms with Gasteiger partial charge in [-0.3, -0.25) is 4.79 Å². The van der Waals surface area contributed by atoms with Crippen molar-refractivity contribution < 1.29 is 9.53 Å². The summed E-state index contributed by atoms with van der Waals surface area (Å²) in [5, 5.41) is 2.95. The van der Waals surface area contributed by atoms with Gasteiger partial charge in [-0.25, -0.2) is 4.98 Å². The zero-order valence-corrected chi connectivity index (χ0v) is 12.2. The molecular weight excluding hydrogens is 296 g/mol. The predicted molar refractivity (Wildman–Crippen MR) is 78.4 cm³/mol. The third kappa shape index (κ3) is 3.49. The van der Waals surface area contributed by atoms with E-state index in [4.69, 9.17) is 16.3 Å². The van der Waals surface area contributed by atoms with Crippen molar-refractivity contribution in [3.05, 3.63) is 45.4 Å². The lowest BCUT2D eigenvalue weighted by Gasteiger charge is -2.07. The number of rotatable bonds is 5. The lowest BCUT2D eigenvalue weighted by Crippen LogP contribution is -2.25. The van der Waals surface area contributed by atoms with Crippen molar-refractivity contribution in [1.82, 2.24) is 10.3 Å². The monoisotopic (exact) mass is 308 g/mol. The van der Waals surface area contributed by atoms with E-state index in [1.807, 2.05) is 12.1 Å². The number of carbonyl (C=O) groups is 1. The molecule has 1 amide bonds. The number of nitrogens with zero attached hydrogens (tertiary/aromatic N) is 1. The quantitative estimate of drug-likeness (QED) is 0.922. The van der Waals surface area contributed by atoms with Crippen molar-refractivity contribution in [2.45, 2.75) is 25.5 Å². The largest absolute Gasteiger partial charge is 0.488 e. The number of benzene rings is 1. The number of halogens is 1. The molecule has 1 fully saturated rings.